The number of hydrogen-bond acceptors (Lipinski definition) is 4. The predicted octanol–water partition coefficient (Wildman–Crippen LogP) is 3.68. The number of rotatable bonds is 6. The summed E-state index contributed by atoms with van der Waals surface area (Å²) in [5.41, 5.74) is 1.38. The minimum absolute atomic E-state index is 0.131. The van der Waals surface area contributed by atoms with E-state index in [1.165, 1.54) is 7.11 Å². The standard InChI is InChI=1S/C20H20Cl2N2O4/c1-27-15-5-6-17(18(9-15)28-2)24-11-13(7-19(24)25)20(26)23-10-12-3-4-14(21)8-16(12)22/h3-6,8-9,13H,7,10-11H2,1-2H3,(H,23,26). The van der Waals surface area contributed by atoms with Crippen LogP contribution in [0.25, 0.3) is 0 Å². The van der Waals surface area contributed by atoms with Crippen LogP contribution in [0.4, 0.5) is 5.69 Å². The van der Waals surface area contributed by atoms with E-state index in [9.17, 15) is 9.59 Å². The number of anilines is 1. The monoisotopic (exact) mass is 422 g/mol. The quantitative estimate of drug-likeness (QED) is 0.770. The van der Waals surface area contributed by atoms with Gasteiger partial charge in [-0.2, -0.15) is 0 Å². The smallest absolute Gasteiger partial charge is 0.227 e. The van der Waals surface area contributed by atoms with Gasteiger partial charge in [0.15, 0.2) is 0 Å². The number of nitrogens with one attached hydrogen (secondary N) is 1. The molecule has 2 aromatic rings. The van der Waals surface area contributed by atoms with E-state index < -0.39 is 5.92 Å². The summed E-state index contributed by atoms with van der Waals surface area (Å²) in [4.78, 5) is 26.6. The summed E-state index contributed by atoms with van der Waals surface area (Å²) >= 11 is 12.0. The first-order valence-electron chi connectivity index (χ1n) is 8.67. The number of halogens is 2. The Labute approximate surface area is 173 Å². The maximum atomic E-state index is 12.6. The predicted molar refractivity (Wildman–Crippen MR) is 108 cm³/mol. The molecule has 1 fully saturated rings. The van der Waals surface area contributed by atoms with Crippen molar-refractivity contribution in [3.63, 3.8) is 0 Å². The van der Waals surface area contributed by atoms with Crippen molar-refractivity contribution in [3.05, 3.63) is 52.0 Å². The molecule has 0 spiro atoms. The molecule has 0 aliphatic carbocycles. The molecular weight excluding hydrogens is 403 g/mol. The number of nitrogens with zero attached hydrogens (tertiary/aromatic N) is 1. The molecule has 1 N–H and O–H groups in total. The molecule has 1 aliphatic heterocycles. The lowest BCUT2D eigenvalue weighted by Gasteiger charge is -2.20. The second kappa shape index (κ2) is 8.71. The molecule has 1 saturated heterocycles. The average molecular weight is 423 g/mol. The highest BCUT2D eigenvalue weighted by molar-refractivity contribution is 6.35. The summed E-state index contributed by atoms with van der Waals surface area (Å²) in [7, 11) is 3.08. The van der Waals surface area contributed by atoms with Gasteiger partial charge in [-0.25, -0.2) is 0 Å². The fraction of sp³-hybridized carbons (Fsp3) is 0.300. The van der Waals surface area contributed by atoms with Gasteiger partial charge in [-0.15, -0.1) is 0 Å². The zero-order valence-corrected chi connectivity index (χ0v) is 17.0. The molecular formula is C20H20Cl2N2O4. The fourth-order valence-corrected chi connectivity index (χ4v) is 3.59. The van der Waals surface area contributed by atoms with Crippen molar-refractivity contribution < 1.29 is 19.1 Å². The lowest BCUT2D eigenvalue weighted by atomic mass is 10.1. The summed E-state index contributed by atoms with van der Waals surface area (Å²) < 4.78 is 10.6. The Morgan fingerprint density at radius 2 is 1.96 bits per heavy atom. The van der Waals surface area contributed by atoms with Gasteiger partial charge in [0.25, 0.3) is 0 Å². The zero-order chi connectivity index (χ0) is 20.3. The van der Waals surface area contributed by atoms with Crippen molar-refractivity contribution in [1.82, 2.24) is 5.32 Å². The Hall–Kier alpha value is -2.44. The van der Waals surface area contributed by atoms with Crippen molar-refractivity contribution in [3.8, 4) is 11.5 Å². The maximum Gasteiger partial charge on any atom is 0.227 e. The number of amides is 2. The summed E-state index contributed by atoms with van der Waals surface area (Å²) in [6.45, 7) is 0.549. The van der Waals surface area contributed by atoms with Gasteiger partial charge in [0.05, 0.1) is 25.8 Å². The van der Waals surface area contributed by atoms with E-state index in [1.807, 2.05) is 0 Å². The van der Waals surface area contributed by atoms with Crippen LogP contribution >= 0.6 is 23.2 Å². The highest BCUT2D eigenvalue weighted by atomic mass is 35.5. The van der Waals surface area contributed by atoms with E-state index in [0.717, 1.165) is 5.56 Å². The van der Waals surface area contributed by atoms with Crippen molar-refractivity contribution >= 4 is 40.7 Å². The molecule has 2 aromatic carbocycles. The summed E-state index contributed by atoms with van der Waals surface area (Å²) in [6.07, 6.45) is 0.134. The highest BCUT2D eigenvalue weighted by Gasteiger charge is 2.36. The molecule has 1 atom stereocenters. The van der Waals surface area contributed by atoms with Crippen LogP contribution in [-0.2, 0) is 16.1 Å². The number of methoxy groups -OCH3 is 2. The first-order valence-corrected chi connectivity index (χ1v) is 9.42. The molecule has 1 aliphatic rings. The molecule has 148 valence electrons. The summed E-state index contributed by atoms with van der Waals surface area (Å²) in [6, 6.07) is 10.3. The van der Waals surface area contributed by atoms with Crippen LogP contribution in [0, 0.1) is 5.92 Å². The van der Waals surface area contributed by atoms with Gasteiger partial charge in [-0.05, 0) is 29.8 Å². The number of carbonyl (C=O) groups is 2. The van der Waals surface area contributed by atoms with E-state index in [1.54, 1.807) is 48.4 Å². The van der Waals surface area contributed by atoms with Crippen molar-refractivity contribution in [2.24, 2.45) is 5.92 Å². The highest BCUT2D eigenvalue weighted by Crippen LogP contribution is 2.35. The van der Waals surface area contributed by atoms with E-state index in [4.69, 9.17) is 32.7 Å². The number of hydrogen-bond donors (Lipinski definition) is 1. The second-order valence-electron chi connectivity index (χ2n) is 6.40. The third kappa shape index (κ3) is 4.34. The van der Waals surface area contributed by atoms with Gasteiger partial charge in [-0.1, -0.05) is 29.3 Å². The zero-order valence-electron chi connectivity index (χ0n) is 15.5. The Morgan fingerprint density at radius 3 is 2.64 bits per heavy atom. The van der Waals surface area contributed by atoms with Crippen LogP contribution in [0.1, 0.15) is 12.0 Å². The van der Waals surface area contributed by atoms with Gasteiger partial charge >= 0.3 is 0 Å². The largest absolute Gasteiger partial charge is 0.497 e. The maximum absolute atomic E-state index is 12.6. The van der Waals surface area contributed by atoms with Gasteiger partial charge in [0.1, 0.15) is 11.5 Å². The lowest BCUT2D eigenvalue weighted by molar-refractivity contribution is -0.126. The normalized spacial score (nSPS) is 16.2. The Balaban J connectivity index is 1.67. The van der Waals surface area contributed by atoms with Crippen LogP contribution in [0.15, 0.2) is 36.4 Å². The number of carbonyl (C=O) groups excluding carboxylic acids is 2. The topological polar surface area (TPSA) is 67.9 Å². The molecule has 8 heteroatoms. The van der Waals surface area contributed by atoms with Gasteiger partial charge < -0.3 is 19.7 Å². The molecule has 28 heavy (non-hydrogen) atoms. The molecule has 1 heterocycles. The Kier molecular flexibility index (Phi) is 6.31. The molecule has 0 saturated carbocycles. The van der Waals surface area contributed by atoms with Crippen molar-refractivity contribution in [2.45, 2.75) is 13.0 Å². The molecule has 0 radical (unpaired) electrons. The van der Waals surface area contributed by atoms with Crippen LogP contribution < -0.4 is 19.7 Å². The molecule has 6 nitrogen and oxygen atoms in total. The lowest BCUT2D eigenvalue weighted by Crippen LogP contribution is -2.32. The van der Waals surface area contributed by atoms with Gasteiger partial charge in [-0.3, -0.25) is 9.59 Å². The van der Waals surface area contributed by atoms with Crippen molar-refractivity contribution in [1.29, 1.82) is 0 Å². The summed E-state index contributed by atoms with van der Waals surface area (Å²) in [5.74, 6) is 0.357. The van der Waals surface area contributed by atoms with E-state index in [-0.39, 0.29) is 31.3 Å². The van der Waals surface area contributed by atoms with Gasteiger partial charge in [0.2, 0.25) is 11.8 Å². The third-order valence-electron chi connectivity index (χ3n) is 4.64. The number of ether oxygens (including phenoxy) is 2. The third-order valence-corrected chi connectivity index (χ3v) is 5.23. The van der Waals surface area contributed by atoms with Crippen LogP contribution in [0.5, 0.6) is 11.5 Å². The molecule has 0 aromatic heterocycles. The first-order chi connectivity index (χ1) is 13.4. The van der Waals surface area contributed by atoms with E-state index in [0.29, 0.717) is 27.2 Å². The average Bonchev–Trinajstić information content (AvgIpc) is 3.08. The summed E-state index contributed by atoms with van der Waals surface area (Å²) in [5, 5.41) is 3.86. The molecule has 3 rings (SSSR count). The van der Waals surface area contributed by atoms with E-state index >= 15 is 0 Å². The van der Waals surface area contributed by atoms with Crippen LogP contribution in [0.2, 0.25) is 10.0 Å². The minimum atomic E-state index is -0.453. The Morgan fingerprint density at radius 1 is 1.18 bits per heavy atom. The van der Waals surface area contributed by atoms with E-state index in [2.05, 4.69) is 5.32 Å². The first kappa shape index (κ1) is 20.3. The fourth-order valence-electron chi connectivity index (χ4n) is 3.12. The Bertz CT molecular complexity index is 904. The molecule has 2 amide bonds. The minimum Gasteiger partial charge on any atom is -0.497 e. The SMILES string of the molecule is COc1ccc(N2CC(C(=O)NCc3ccc(Cl)cc3Cl)CC2=O)c(OC)c1. The second-order valence-corrected chi connectivity index (χ2v) is 7.24. The molecule has 1 unspecified atom stereocenters. The molecule has 0 bridgehead atoms. The van der Waals surface area contributed by atoms with Gasteiger partial charge in [0, 0.05) is 35.6 Å². The van der Waals surface area contributed by atoms with Crippen LogP contribution in [0.3, 0.4) is 0 Å². The number of benzene rings is 2. The van der Waals surface area contributed by atoms with Crippen LogP contribution in [-0.4, -0.2) is 32.6 Å². The van der Waals surface area contributed by atoms with Crippen molar-refractivity contribution in [2.75, 3.05) is 25.7 Å².